The molecule has 6 heteroatoms. The van der Waals surface area contributed by atoms with Crippen molar-refractivity contribution >= 4 is 29.3 Å². The fraction of sp³-hybridized carbons (Fsp3) is 0.160. The highest BCUT2D eigenvalue weighted by atomic mass is 32.2. The van der Waals surface area contributed by atoms with Crippen molar-refractivity contribution in [2.24, 2.45) is 0 Å². The lowest BCUT2D eigenvalue weighted by Gasteiger charge is -2.24. The monoisotopic (exact) mass is 427 g/mol. The maximum absolute atomic E-state index is 12.6. The van der Waals surface area contributed by atoms with Gasteiger partial charge in [-0.1, -0.05) is 54.6 Å². The second-order valence-corrected chi connectivity index (χ2v) is 8.35. The Morgan fingerprint density at radius 3 is 2.39 bits per heavy atom. The lowest BCUT2D eigenvalue weighted by Crippen LogP contribution is -2.27. The average Bonchev–Trinajstić information content (AvgIpc) is 3.16. The van der Waals surface area contributed by atoms with Gasteiger partial charge in [0, 0.05) is 17.8 Å². The molecule has 1 N–H and O–H groups in total. The van der Waals surface area contributed by atoms with Gasteiger partial charge in [-0.15, -0.1) is 11.8 Å². The molecule has 1 aliphatic rings. The molecule has 2 amide bonds. The summed E-state index contributed by atoms with van der Waals surface area (Å²) in [5, 5.41) is 11.6. The molecule has 0 aromatic heterocycles. The summed E-state index contributed by atoms with van der Waals surface area (Å²) >= 11 is 1.61. The number of nitrogens with one attached hydrogen (secondary N) is 1. The Kier molecular flexibility index (Phi) is 6.34. The number of thioether (sulfide) groups is 1. The first-order valence-electron chi connectivity index (χ1n) is 9.96. The van der Waals surface area contributed by atoms with E-state index in [-0.39, 0.29) is 17.2 Å². The molecule has 31 heavy (non-hydrogen) atoms. The van der Waals surface area contributed by atoms with Gasteiger partial charge in [-0.25, -0.2) is 0 Å². The molecule has 1 atom stereocenters. The first-order chi connectivity index (χ1) is 15.1. The number of hydrogen-bond acceptors (Lipinski definition) is 4. The zero-order chi connectivity index (χ0) is 21.6. The first kappa shape index (κ1) is 20.7. The summed E-state index contributed by atoms with van der Waals surface area (Å²) < 4.78 is 0. The maximum Gasteiger partial charge on any atom is 0.255 e. The van der Waals surface area contributed by atoms with Crippen LogP contribution < -0.4 is 5.32 Å². The molecule has 0 radical (unpaired) electrons. The van der Waals surface area contributed by atoms with Crippen molar-refractivity contribution in [1.82, 2.24) is 4.90 Å². The zero-order valence-electron chi connectivity index (χ0n) is 16.8. The minimum Gasteiger partial charge on any atom is -0.322 e. The van der Waals surface area contributed by atoms with Gasteiger partial charge in [-0.2, -0.15) is 5.26 Å². The summed E-state index contributed by atoms with van der Waals surface area (Å²) in [5.41, 5.74) is 4.24. The highest BCUT2D eigenvalue weighted by Gasteiger charge is 2.32. The smallest absolute Gasteiger partial charge is 0.255 e. The number of carbonyl (C=O) groups excluding carboxylic acids is 2. The summed E-state index contributed by atoms with van der Waals surface area (Å²) in [6.45, 7) is 0.571. The van der Waals surface area contributed by atoms with Crippen molar-refractivity contribution in [3.63, 3.8) is 0 Å². The molecule has 1 fully saturated rings. The Labute approximate surface area is 185 Å². The van der Waals surface area contributed by atoms with Gasteiger partial charge in [0.2, 0.25) is 5.91 Å². The van der Waals surface area contributed by atoms with E-state index in [1.807, 2.05) is 59.5 Å². The van der Waals surface area contributed by atoms with E-state index in [0.717, 1.165) is 16.7 Å². The minimum atomic E-state index is -0.198. The lowest BCUT2D eigenvalue weighted by molar-refractivity contribution is -0.128. The Balaban J connectivity index is 1.43. The summed E-state index contributed by atoms with van der Waals surface area (Å²) in [6.07, 6.45) is 0.346. The van der Waals surface area contributed by atoms with E-state index in [0.29, 0.717) is 30.0 Å². The average molecular weight is 428 g/mol. The van der Waals surface area contributed by atoms with E-state index in [1.54, 1.807) is 36.0 Å². The molecule has 3 aromatic carbocycles. The third kappa shape index (κ3) is 4.96. The number of anilines is 1. The van der Waals surface area contributed by atoms with Crippen molar-refractivity contribution < 1.29 is 9.59 Å². The van der Waals surface area contributed by atoms with Crippen molar-refractivity contribution in [1.29, 1.82) is 5.26 Å². The predicted molar refractivity (Wildman–Crippen MR) is 122 cm³/mol. The molecular weight excluding hydrogens is 406 g/mol. The molecule has 1 aliphatic heterocycles. The van der Waals surface area contributed by atoms with Crippen LogP contribution in [-0.2, 0) is 17.8 Å². The lowest BCUT2D eigenvalue weighted by atomic mass is 10.1. The molecule has 4 rings (SSSR count). The van der Waals surface area contributed by atoms with E-state index in [4.69, 9.17) is 5.26 Å². The van der Waals surface area contributed by atoms with Crippen LogP contribution in [0.15, 0.2) is 78.9 Å². The second-order valence-electron chi connectivity index (χ2n) is 7.28. The van der Waals surface area contributed by atoms with Gasteiger partial charge in [0.25, 0.3) is 5.91 Å². The van der Waals surface area contributed by atoms with Gasteiger partial charge >= 0.3 is 0 Å². The first-order valence-corrected chi connectivity index (χ1v) is 11.0. The molecule has 154 valence electrons. The standard InChI is InChI=1S/C25H21N3O2S/c26-15-14-18-6-12-22(13-7-18)27-24(30)20-8-10-21(11-9-20)25-28(23(29)17-31-25)16-19-4-2-1-3-5-19/h1-13,25H,14,16-17H2,(H,27,30). The van der Waals surface area contributed by atoms with Crippen LogP contribution in [0.25, 0.3) is 0 Å². The van der Waals surface area contributed by atoms with Crippen LogP contribution in [0.1, 0.15) is 32.4 Å². The van der Waals surface area contributed by atoms with Crippen molar-refractivity contribution in [2.75, 3.05) is 11.1 Å². The van der Waals surface area contributed by atoms with E-state index < -0.39 is 0 Å². The number of hydrogen-bond donors (Lipinski definition) is 1. The fourth-order valence-corrected chi connectivity index (χ4v) is 4.67. The van der Waals surface area contributed by atoms with Crippen LogP contribution >= 0.6 is 11.8 Å². The van der Waals surface area contributed by atoms with Gasteiger partial charge in [0.15, 0.2) is 0 Å². The molecule has 0 spiro atoms. The largest absolute Gasteiger partial charge is 0.322 e. The Morgan fingerprint density at radius 2 is 1.71 bits per heavy atom. The van der Waals surface area contributed by atoms with Gasteiger partial charge < -0.3 is 10.2 Å². The van der Waals surface area contributed by atoms with Crippen LogP contribution in [0.2, 0.25) is 0 Å². The van der Waals surface area contributed by atoms with E-state index in [1.165, 1.54) is 0 Å². The van der Waals surface area contributed by atoms with Crippen molar-refractivity contribution in [2.45, 2.75) is 18.3 Å². The zero-order valence-corrected chi connectivity index (χ0v) is 17.6. The van der Waals surface area contributed by atoms with Crippen molar-refractivity contribution in [3.05, 3.63) is 101 Å². The topological polar surface area (TPSA) is 73.2 Å². The van der Waals surface area contributed by atoms with Crippen LogP contribution in [0.3, 0.4) is 0 Å². The Morgan fingerprint density at radius 1 is 1.00 bits per heavy atom. The molecule has 0 saturated carbocycles. The van der Waals surface area contributed by atoms with Crippen LogP contribution in [-0.4, -0.2) is 22.5 Å². The number of nitriles is 1. The molecule has 0 aliphatic carbocycles. The number of amides is 2. The van der Waals surface area contributed by atoms with Gasteiger partial charge in [-0.05, 0) is 41.0 Å². The quantitative estimate of drug-likeness (QED) is 0.614. The molecule has 1 saturated heterocycles. The molecule has 1 unspecified atom stereocenters. The summed E-state index contributed by atoms with van der Waals surface area (Å²) in [7, 11) is 0. The molecule has 3 aromatic rings. The van der Waals surface area contributed by atoms with E-state index >= 15 is 0 Å². The van der Waals surface area contributed by atoms with Gasteiger partial charge in [0.05, 0.1) is 18.2 Å². The number of benzene rings is 3. The molecule has 1 heterocycles. The van der Waals surface area contributed by atoms with Crippen molar-refractivity contribution in [3.8, 4) is 6.07 Å². The fourth-order valence-electron chi connectivity index (χ4n) is 3.48. The van der Waals surface area contributed by atoms with Crippen LogP contribution in [0.4, 0.5) is 5.69 Å². The molecule has 5 nitrogen and oxygen atoms in total. The highest BCUT2D eigenvalue weighted by Crippen LogP contribution is 2.39. The van der Waals surface area contributed by atoms with Crippen LogP contribution in [0, 0.1) is 11.3 Å². The van der Waals surface area contributed by atoms with Crippen LogP contribution in [0.5, 0.6) is 0 Å². The summed E-state index contributed by atoms with van der Waals surface area (Å²) in [6, 6.07) is 26.7. The number of nitrogens with zero attached hydrogens (tertiary/aromatic N) is 2. The Hall–Kier alpha value is -3.56. The molecule has 0 bridgehead atoms. The van der Waals surface area contributed by atoms with E-state index in [9.17, 15) is 9.59 Å². The Bertz CT molecular complexity index is 1110. The SMILES string of the molecule is N#CCc1ccc(NC(=O)c2ccc(C3SCC(=O)N3Cc3ccccc3)cc2)cc1. The third-order valence-corrected chi connectivity index (χ3v) is 6.37. The highest BCUT2D eigenvalue weighted by molar-refractivity contribution is 8.00. The maximum atomic E-state index is 12.6. The predicted octanol–water partition coefficient (Wildman–Crippen LogP) is 4.78. The van der Waals surface area contributed by atoms with Gasteiger partial charge in [-0.3, -0.25) is 9.59 Å². The summed E-state index contributed by atoms with van der Waals surface area (Å²) in [5.74, 6) is 0.387. The molecular formula is C25H21N3O2S. The number of rotatable bonds is 6. The minimum absolute atomic E-state index is 0.0579. The summed E-state index contributed by atoms with van der Waals surface area (Å²) in [4.78, 5) is 26.9. The van der Waals surface area contributed by atoms with E-state index in [2.05, 4.69) is 11.4 Å². The normalized spacial score (nSPS) is 15.5. The van der Waals surface area contributed by atoms with Gasteiger partial charge in [0.1, 0.15) is 5.37 Å². The second kappa shape index (κ2) is 9.50. The number of carbonyl (C=O) groups is 2. The third-order valence-electron chi connectivity index (χ3n) is 5.12.